The predicted molar refractivity (Wildman–Crippen MR) is 53.4 cm³/mol. The van der Waals surface area contributed by atoms with E-state index in [1.54, 1.807) is 23.8 Å². The van der Waals surface area contributed by atoms with Crippen LogP contribution in [-0.2, 0) is 6.54 Å². The fourth-order valence-corrected chi connectivity index (χ4v) is 1.67. The molecular formula is C9H9BrN2O. The van der Waals surface area contributed by atoms with E-state index in [0.717, 1.165) is 4.47 Å². The molecule has 13 heavy (non-hydrogen) atoms. The second kappa shape index (κ2) is 4.24. The van der Waals surface area contributed by atoms with Gasteiger partial charge in [-0.05, 0) is 28.9 Å². The molecule has 0 aromatic carbocycles. The number of nitriles is 1. The molecule has 3 nitrogen and oxygen atoms in total. The lowest BCUT2D eigenvalue weighted by molar-refractivity contribution is 0.679. The summed E-state index contributed by atoms with van der Waals surface area (Å²) in [5, 5.41) is 8.38. The van der Waals surface area contributed by atoms with E-state index < -0.39 is 0 Å². The first kappa shape index (κ1) is 10.0. The Balaban J connectivity index is 3.07. The van der Waals surface area contributed by atoms with E-state index in [9.17, 15) is 4.79 Å². The Morgan fingerprint density at radius 2 is 2.38 bits per heavy atom. The average Bonchev–Trinajstić information content (AvgIpc) is 2.09. The molecule has 1 rings (SSSR count). The van der Waals surface area contributed by atoms with Crippen LogP contribution in [-0.4, -0.2) is 4.57 Å². The minimum Gasteiger partial charge on any atom is -0.313 e. The number of rotatable bonds is 2. The van der Waals surface area contributed by atoms with Gasteiger partial charge in [0.15, 0.2) is 0 Å². The Bertz CT molecular complexity index is 403. The molecule has 1 aromatic heterocycles. The lowest BCUT2D eigenvalue weighted by Gasteiger charge is -2.04. The smallest absolute Gasteiger partial charge is 0.253 e. The van der Waals surface area contributed by atoms with Crippen LogP contribution in [0.25, 0.3) is 0 Å². The van der Waals surface area contributed by atoms with Crippen LogP contribution in [0.15, 0.2) is 21.5 Å². The molecule has 0 amide bonds. The zero-order valence-corrected chi connectivity index (χ0v) is 8.84. The standard InChI is InChI=1S/C9H9BrN2O/c1-7-5-8(10)6-12(9(7)13)4-2-3-11/h5-6H,2,4H2,1H3. The van der Waals surface area contributed by atoms with Gasteiger partial charge < -0.3 is 4.57 Å². The van der Waals surface area contributed by atoms with Crippen LogP contribution in [0.4, 0.5) is 0 Å². The lowest BCUT2D eigenvalue weighted by atomic mass is 10.3. The molecule has 0 saturated heterocycles. The molecule has 0 N–H and O–H groups in total. The van der Waals surface area contributed by atoms with Crippen LogP contribution in [0.3, 0.4) is 0 Å². The number of hydrogen-bond donors (Lipinski definition) is 0. The molecule has 0 spiro atoms. The van der Waals surface area contributed by atoms with Gasteiger partial charge in [-0.1, -0.05) is 0 Å². The van der Waals surface area contributed by atoms with Crippen LogP contribution >= 0.6 is 15.9 Å². The first-order chi connectivity index (χ1) is 6.15. The molecule has 4 heteroatoms. The van der Waals surface area contributed by atoms with Crippen LogP contribution in [0.2, 0.25) is 0 Å². The highest BCUT2D eigenvalue weighted by molar-refractivity contribution is 9.10. The summed E-state index contributed by atoms with van der Waals surface area (Å²) in [6.45, 7) is 2.21. The molecule has 0 unspecified atom stereocenters. The fourth-order valence-electron chi connectivity index (χ4n) is 1.08. The topological polar surface area (TPSA) is 45.8 Å². The Morgan fingerprint density at radius 1 is 1.69 bits per heavy atom. The molecular weight excluding hydrogens is 232 g/mol. The van der Waals surface area contributed by atoms with Gasteiger partial charge in [-0.3, -0.25) is 4.79 Å². The van der Waals surface area contributed by atoms with Crippen molar-refractivity contribution in [2.45, 2.75) is 19.9 Å². The Kier molecular flexibility index (Phi) is 3.26. The first-order valence-corrected chi connectivity index (χ1v) is 4.68. The van der Waals surface area contributed by atoms with E-state index in [-0.39, 0.29) is 5.56 Å². The average molecular weight is 241 g/mol. The first-order valence-electron chi connectivity index (χ1n) is 3.88. The van der Waals surface area contributed by atoms with Crippen LogP contribution in [0.5, 0.6) is 0 Å². The highest BCUT2D eigenvalue weighted by Crippen LogP contribution is 2.07. The van der Waals surface area contributed by atoms with Gasteiger partial charge in [-0.15, -0.1) is 0 Å². The molecule has 1 heterocycles. The zero-order chi connectivity index (χ0) is 9.84. The molecule has 0 atom stereocenters. The summed E-state index contributed by atoms with van der Waals surface area (Å²) in [5.74, 6) is 0. The van der Waals surface area contributed by atoms with Crippen molar-refractivity contribution in [3.05, 3.63) is 32.7 Å². The van der Waals surface area contributed by atoms with E-state index in [2.05, 4.69) is 15.9 Å². The summed E-state index contributed by atoms with van der Waals surface area (Å²) in [7, 11) is 0. The van der Waals surface area contributed by atoms with Gasteiger partial charge >= 0.3 is 0 Å². The molecule has 68 valence electrons. The van der Waals surface area contributed by atoms with Crippen molar-refractivity contribution >= 4 is 15.9 Å². The van der Waals surface area contributed by atoms with Crippen molar-refractivity contribution in [3.63, 3.8) is 0 Å². The summed E-state index contributed by atoms with van der Waals surface area (Å²) in [6, 6.07) is 3.78. The van der Waals surface area contributed by atoms with Crippen molar-refractivity contribution in [2.75, 3.05) is 0 Å². The monoisotopic (exact) mass is 240 g/mol. The Morgan fingerprint density at radius 3 is 3.00 bits per heavy atom. The van der Waals surface area contributed by atoms with Crippen molar-refractivity contribution < 1.29 is 0 Å². The summed E-state index contributed by atoms with van der Waals surface area (Å²) >= 11 is 3.30. The predicted octanol–water partition coefficient (Wildman–Crippen LogP) is 1.83. The van der Waals surface area contributed by atoms with Crippen molar-refractivity contribution in [2.24, 2.45) is 0 Å². The maximum atomic E-state index is 11.5. The molecule has 0 bridgehead atoms. The number of halogens is 1. The SMILES string of the molecule is Cc1cc(Br)cn(CCC#N)c1=O. The highest BCUT2D eigenvalue weighted by Gasteiger charge is 2.00. The third-order valence-corrected chi connectivity index (χ3v) is 2.13. The molecule has 0 aliphatic heterocycles. The second-order valence-corrected chi connectivity index (χ2v) is 3.66. The maximum absolute atomic E-state index is 11.5. The van der Waals surface area contributed by atoms with Crippen molar-refractivity contribution in [1.29, 1.82) is 5.26 Å². The van der Waals surface area contributed by atoms with Gasteiger partial charge in [-0.2, -0.15) is 5.26 Å². The normalized spacial score (nSPS) is 9.62. The summed E-state index contributed by atoms with van der Waals surface area (Å²) < 4.78 is 2.41. The van der Waals surface area contributed by atoms with E-state index in [4.69, 9.17) is 5.26 Å². The van der Waals surface area contributed by atoms with Crippen molar-refractivity contribution in [1.82, 2.24) is 4.57 Å². The fraction of sp³-hybridized carbons (Fsp3) is 0.333. The maximum Gasteiger partial charge on any atom is 0.253 e. The van der Waals surface area contributed by atoms with Crippen LogP contribution in [0.1, 0.15) is 12.0 Å². The van der Waals surface area contributed by atoms with Gasteiger partial charge in [-0.25, -0.2) is 0 Å². The molecule has 0 aliphatic rings. The van der Waals surface area contributed by atoms with E-state index in [0.29, 0.717) is 18.5 Å². The Hall–Kier alpha value is -1.08. The number of aryl methyl sites for hydroxylation is 2. The van der Waals surface area contributed by atoms with E-state index in [1.807, 2.05) is 6.07 Å². The van der Waals surface area contributed by atoms with Crippen LogP contribution < -0.4 is 5.56 Å². The van der Waals surface area contributed by atoms with E-state index >= 15 is 0 Å². The third-order valence-electron chi connectivity index (χ3n) is 1.70. The van der Waals surface area contributed by atoms with Gasteiger partial charge in [0.25, 0.3) is 5.56 Å². The van der Waals surface area contributed by atoms with Gasteiger partial charge in [0.2, 0.25) is 0 Å². The third kappa shape index (κ3) is 2.43. The molecule has 0 saturated carbocycles. The quantitative estimate of drug-likeness (QED) is 0.792. The largest absolute Gasteiger partial charge is 0.313 e. The molecule has 0 fully saturated rings. The lowest BCUT2D eigenvalue weighted by Crippen LogP contribution is -2.21. The molecule has 1 aromatic rings. The summed E-state index contributed by atoms with van der Waals surface area (Å²) in [5.41, 5.74) is 0.658. The minimum absolute atomic E-state index is 0.0292. The Labute approximate surface area is 84.7 Å². The van der Waals surface area contributed by atoms with Gasteiger partial charge in [0.05, 0.1) is 12.5 Å². The summed E-state index contributed by atoms with van der Waals surface area (Å²) in [6.07, 6.45) is 2.06. The van der Waals surface area contributed by atoms with Crippen molar-refractivity contribution in [3.8, 4) is 6.07 Å². The second-order valence-electron chi connectivity index (χ2n) is 2.75. The number of aromatic nitrogens is 1. The van der Waals surface area contributed by atoms with Gasteiger partial charge in [0.1, 0.15) is 0 Å². The molecule has 0 radical (unpaired) electrons. The number of pyridine rings is 1. The number of nitrogens with zero attached hydrogens (tertiary/aromatic N) is 2. The molecule has 0 aliphatic carbocycles. The van der Waals surface area contributed by atoms with E-state index in [1.165, 1.54) is 0 Å². The highest BCUT2D eigenvalue weighted by atomic mass is 79.9. The number of hydrogen-bond acceptors (Lipinski definition) is 2. The van der Waals surface area contributed by atoms with Crippen LogP contribution in [0, 0.1) is 18.3 Å². The minimum atomic E-state index is -0.0292. The summed E-state index contributed by atoms with van der Waals surface area (Å²) in [4.78, 5) is 11.5. The van der Waals surface area contributed by atoms with Gasteiger partial charge in [0, 0.05) is 22.8 Å². The zero-order valence-electron chi connectivity index (χ0n) is 7.25.